The standard InChI is InChI=1S/C16H13ClF4N2O3S/c1-8(24)3-4-27-12-6-11(10(18)5-9(12)17)23-14(25)7-13(16(19,20)21)22(2)15(23)26/h5-7H,3-4H2,1-2H3. The van der Waals surface area contributed by atoms with Gasteiger partial charge in [0.1, 0.15) is 17.3 Å². The molecule has 0 bridgehead atoms. The van der Waals surface area contributed by atoms with Gasteiger partial charge in [0.2, 0.25) is 0 Å². The smallest absolute Gasteiger partial charge is 0.300 e. The summed E-state index contributed by atoms with van der Waals surface area (Å²) in [5, 5.41) is -0.0124. The Morgan fingerprint density at radius 1 is 1.22 bits per heavy atom. The van der Waals surface area contributed by atoms with Crippen molar-refractivity contribution in [3.8, 4) is 5.69 Å². The number of hydrogen-bond acceptors (Lipinski definition) is 4. The first kappa shape index (κ1) is 21.2. The number of thioether (sulfide) groups is 1. The van der Waals surface area contributed by atoms with Gasteiger partial charge in [-0.2, -0.15) is 13.2 Å². The molecule has 0 atom stereocenters. The first-order valence-corrected chi connectivity index (χ1v) is 8.81. The topological polar surface area (TPSA) is 61.1 Å². The molecular formula is C16H13ClF4N2O3S. The van der Waals surface area contributed by atoms with Gasteiger partial charge < -0.3 is 0 Å². The van der Waals surface area contributed by atoms with Gasteiger partial charge in [-0.15, -0.1) is 11.8 Å². The average molecular weight is 425 g/mol. The summed E-state index contributed by atoms with van der Waals surface area (Å²) in [7, 11) is 0.831. The highest BCUT2D eigenvalue weighted by Crippen LogP contribution is 2.31. The van der Waals surface area contributed by atoms with E-state index in [1.165, 1.54) is 6.92 Å². The maximum atomic E-state index is 14.3. The van der Waals surface area contributed by atoms with Gasteiger partial charge in [0, 0.05) is 30.2 Å². The fourth-order valence-electron chi connectivity index (χ4n) is 2.22. The molecule has 11 heteroatoms. The monoisotopic (exact) mass is 424 g/mol. The SMILES string of the molecule is CC(=O)CCSc1cc(-n2c(=O)cc(C(F)(F)F)n(C)c2=O)c(F)cc1Cl. The van der Waals surface area contributed by atoms with E-state index in [0.717, 1.165) is 30.9 Å². The van der Waals surface area contributed by atoms with Gasteiger partial charge >= 0.3 is 11.9 Å². The van der Waals surface area contributed by atoms with Crippen LogP contribution in [-0.4, -0.2) is 20.7 Å². The predicted molar refractivity (Wildman–Crippen MR) is 93.3 cm³/mol. The number of benzene rings is 1. The Bertz CT molecular complexity index is 1010. The number of halogens is 5. The zero-order valence-electron chi connectivity index (χ0n) is 14.1. The lowest BCUT2D eigenvalue weighted by Crippen LogP contribution is -2.41. The van der Waals surface area contributed by atoms with Crippen LogP contribution in [0.3, 0.4) is 0 Å². The van der Waals surface area contributed by atoms with E-state index in [4.69, 9.17) is 11.6 Å². The fourth-order valence-corrected chi connectivity index (χ4v) is 3.54. The van der Waals surface area contributed by atoms with Crippen molar-refractivity contribution in [3.05, 3.63) is 55.6 Å². The van der Waals surface area contributed by atoms with Gasteiger partial charge in [-0.25, -0.2) is 13.8 Å². The van der Waals surface area contributed by atoms with E-state index in [1.54, 1.807) is 0 Å². The second-order valence-electron chi connectivity index (χ2n) is 5.58. The average Bonchev–Trinajstić information content (AvgIpc) is 2.53. The van der Waals surface area contributed by atoms with E-state index in [2.05, 4.69) is 0 Å². The van der Waals surface area contributed by atoms with Gasteiger partial charge in [-0.05, 0) is 19.1 Å². The van der Waals surface area contributed by atoms with Crippen LogP contribution in [0, 0.1) is 5.82 Å². The van der Waals surface area contributed by atoms with Gasteiger partial charge in [0.15, 0.2) is 0 Å². The van der Waals surface area contributed by atoms with Crippen molar-refractivity contribution in [3.63, 3.8) is 0 Å². The Labute approximate surface area is 159 Å². The zero-order valence-corrected chi connectivity index (χ0v) is 15.6. The maximum absolute atomic E-state index is 14.3. The Kier molecular flexibility index (Phi) is 6.21. The van der Waals surface area contributed by atoms with Gasteiger partial charge in [-0.3, -0.25) is 14.2 Å². The summed E-state index contributed by atoms with van der Waals surface area (Å²) in [6.07, 6.45) is -4.70. The summed E-state index contributed by atoms with van der Waals surface area (Å²) >= 11 is 7.03. The molecular weight excluding hydrogens is 412 g/mol. The summed E-state index contributed by atoms with van der Waals surface area (Å²) in [5.74, 6) is -0.802. The highest BCUT2D eigenvalue weighted by atomic mass is 35.5. The van der Waals surface area contributed by atoms with E-state index in [9.17, 15) is 31.9 Å². The quantitative estimate of drug-likeness (QED) is 0.545. The van der Waals surface area contributed by atoms with Crippen LogP contribution in [0.4, 0.5) is 17.6 Å². The molecule has 0 fully saturated rings. The van der Waals surface area contributed by atoms with Crippen molar-refractivity contribution >= 4 is 29.1 Å². The third-order valence-corrected chi connectivity index (χ3v) is 5.05. The van der Waals surface area contributed by atoms with Gasteiger partial charge in [0.05, 0.1) is 10.7 Å². The number of carbonyl (C=O) groups excluding carboxylic acids is 1. The van der Waals surface area contributed by atoms with Gasteiger partial charge in [-0.1, -0.05) is 11.6 Å². The first-order chi connectivity index (χ1) is 12.4. The van der Waals surface area contributed by atoms with E-state index >= 15 is 0 Å². The molecule has 0 saturated heterocycles. The highest BCUT2D eigenvalue weighted by molar-refractivity contribution is 7.99. The van der Waals surface area contributed by atoms with Crippen LogP contribution in [0.5, 0.6) is 0 Å². The lowest BCUT2D eigenvalue weighted by Gasteiger charge is -2.15. The Balaban J connectivity index is 2.62. The minimum absolute atomic E-state index is 0.0124. The Morgan fingerprint density at radius 3 is 2.41 bits per heavy atom. The van der Waals surface area contributed by atoms with Crippen molar-refractivity contribution in [1.29, 1.82) is 0 Å². The number of ketones is 1. The molecule has 0 radical (unpaired) electrons. The Hall–Kier alpha value is -2.07. The van der Waals surface area contributed by atoms with Crippen LogP contribution in [0.15, 0.2) is 32.7 Å². The van der Waals surface area contributed by atoms with Crippen molar-refractivity contribution < 1.29 is 22.4 Å². The molecule has 0 saturated carbocycles. The minimum atomic E-state index is -4.92. The third-order valence-electron chi connectivity index (χ3n) is 3.56. The number of aromatic nitrogens is 2. The Morgan fingerprint density at radius 2 is 1.85 bits per heavy atom. The second kappa shape index (κ2) is 7.89. The molecule has 2 rings (SSSR count). The predicted octanol–water partition coefficient (Wildman–Crippen LogP) is 3.42. The minimum Gasteiger partial charge on any atom is -0.300 e. The lowest BCUT2D eigenvalue weighted by molar-refractivity contribution is -0.144. The van der Waals surface area contributed by atoms with Gasteiger partial charge in [0.25, 0.3) is 5.56 Å². The molecule has 0 aliphatic rings. The number of carbonyl (C=O) groups is 1. The lowest BCUT2D eigenvalue weighted by atomic mass is 10.3. The van der Waals surface area contributed by atoms with Crippen LogP contribution in [0.25, 0.3) is 5.69 Å². The molecule has 0 unspecified atom stereocenters. The molecule has 1 aromatic carbocycles. The van der Waals surface area contributed by atoms with Crippen molar-refractivity contribution in [2.24, 2.45) is 7.05 Å². The summed E-state index contributed by atoms with van der Waals surface area (Å²) in [6.45, 7) is 1.39. The molecule has 2 aromatic rings. The molecule has 0 spiro atoms. The molecule has 27 heavy (non-hydrogen) atoms. The third kappa shape index (κ3) is 4.62. The zero-order chi connectivity index (χ0) is 20.5. The molecule has 0 aliphatic carbocycles. The summed E-state index contributed by atoms with van der Waals surface area (Å²) in [4.78, 5) is 35.7. The van der Waals surface area contributed by atoms with E-state index in [0.29, 0.717) is 10.3 Å². The van der Waals surface area contributed by atoms with Crippen LogP contribution in [-0.2, 0) is 18.0 Å². The molecule has 0 N–H and O–H groups in total. The maximum Gasteiger partial charge on any atom is 0.431 e. The van der Waals surface area contributed by atoms with Crippen molar-refractivity contribution in [1.82, 2.24) is 9.13 Å². The summed E-state index contributed by atoms with van der Waals surface area (Å²) in [5.41, 5.74) is -4.65. The number of alkyl halides is 3. The van der Waals surface area contributed by atoms with Crippen molar-refractivity contribution in [2.75, 3.05) is 5.75 Å². The van der Waals surface area contributed by atoms with E-state index < -0.39 is 34.6 Å². The normalized spacial score (nSPS) is 11.7. The highest BCUT2D eigenvalue weighted by Gasteiger charge is 2.35. The molecule has 0 aliphatic heterocycles. The van der Waals surface area contributed by atoms with Crippen LogP contribution in [0.1, 0.15) is 19.0 Å². The van der Waals surface area contributed by atoms with Crippen LogP contribution >= 0.6 is 23.4 Å². The largest absolute Gasteiger partial charge is 0.431 e. The van der Waals surface area contributed by atoms with Crippen molar-refractivity contribution in [2.45, 2.75) is 24.4 Å². The first-order valence-electron chi connectivity index (χ1n) is 7.45. The summed E-state index contributed by atoms with van der Waals surface area (Å²) < 4.78 is 53.6. The number of rotatable bonds is 5. The molecule has 1 heterocycles. The molecule has 5 nitrogen and oxygen atoms in total. The number of Topliss-reactive ketones (excluding diaryl/α,β-unsaturated/α-hetero) is 1. The molecule has 146 valence electrons. The molecule has 0 amide bonds. The number of hydrogen-bond donors (Lipinski definition) is 0. The van der Waals surface area contributed by atoms with Crippen LogP contribution in [0.2, 0.25) is 5.02 Å². The van der Waals surface area contributed by atoms with Crippen LogP contribution < -0.4 is 11.2 Å². The number of nitrogens with zero attached hydrogens (tertiary/aromatic N) is 2. The molecule has 1 aromatic heterocycles. The fraction of sp³-hybridized carbons (Fsp3) is 0.312. The van der Waals surface area contributed by atoms with E-state index in [-0.39, 0.29) is 32.8 Å². The second-order valence-corrected chi connectivity index (χ2v) is 7.12. The summed E-state index contributed by atoms with van der Waals surface area (Å²) in [6, 6.07) is 2.17. The van der Waals surface area contributed by atoms with E-state index in [1.807, 2.05) is 0 Å².